The maximum absolute atomic E-state index is 11.9. The Hall–Kier alpha value is -0.810. The lowest BCUT2D eigenvalue weighted by molar-refractivity contribution is -0.0412. The number of carbonyl (C=O) groups excluding carboxylic acids is 1. The van der Waals surface area contributed by atoms with E-state index in [1.54, 1.807) is 20.8 Å². The Kier molecular flexibility index (Phi) is 6.94. The van der Waals surface area contributed by atoms with Crippen molar-refractivity contribution < 1.29 is 19.7 Å². The van der Waals surface area contributed by atoms with E-state index in [0.29, 0.717) is 25.2 Å². The van der Waals surface area contributed by atoms with Gasteiger partial charge in [-0.1, -0.05) is 32.1 Å². The zero-order chi connectivity index (χ0) is 15.9. The average molecular weight is 301 g/mol. The highest BCUT2D eigenvalue weighted by molar-refractivity contribution is 5.68. The van der Waals surface area contributed by atoms with Gasteiger partial charge in [-0.15, -0.1) is 0 Å². The highest BCUT2D eigenvalue weighted by Gasteiger charge is 2.33. The summed E-state index contributed by atoms with van der Waals surface area (Å²) in [6.07, 6.45) is 6.56. The van der Waals surface area contributed by atoms with Crippen LogP contribution >= 0.6 is 0 Å². The van der Waals surface area contributed by atoms with E-state index in [-0.39, 0.29) is 6.61 Å². The van der Waals surface area contributed by atoms with Crippen molar-refractivity contribution in [2.24, 2.45) is 5.92 Å². The average Bonchev–Trinajstić information content (AvgIpc) is 2.35. The highest BCUT2D eigenvalue weighted by atomic mass is 16.6. The van der Waals surface area contributed by atoms with Crippen molar-refractivity contribution in [3.8, 4) is 0 Å². The normalized spacial score (nSPS) is 19.9. The Bertz CT molecular complexity index is 321. The van der Waals surface area contributed by atoms with E-state index in [1.165, 1.54) is 19.3 Å². The molecule has 1 rings (SSSR count). The number of amides is 1. The molecule has 5 nitrogen and oxygen atoms in total. The number of nitrogens with one attached hydrogen (secondary N) is 1. The standard InChI is InChI=1S/C16H31NO4/c1-15(2,3)21-14(19)17-16(20,10-7-11-18)12-13-8-5-4-6-9-13/h13,18,20H,4-12H2,1-3H3,(H,17,19). The molecule has 1 unspecified atom stereocenters. The molecule has 1 aliphatic rings. The van der Waals surface area contributed by atoms with Gasteiger partial charge in [0.1, 0.15) is 11.3 Å². The molecule has 0 spiro atoms. The fourth-order valence-corrected chi connectivity index (χ4v) is 2.95. The first-order chi connectivity index (χ1) is 9.74. The first-order valence-electron chi connectivity index (χ1n) is 8.08. The van der Waals surface area contributed by atoms with Crippen molar-refractivity contribution in [1.82, 2.24) is 5.32 Å². The minimum absolute atomic E-state index is 0.00295. The maximum Gasteiger partial charge on any atom is 0.409 e. The summed E-state index contributed by atoms with van der Waals surface area (Å²) in [5.41, 5.74) is -1.88. The molecule has 124 valence electrons. The molecule has 21 heavy (non-hydrogen) atoms. The Morgan fingerprint density at radius 3 is 2.38 bits per heavy atom. The third-order valence-corrected chi connectivity index (χ3v) is 3.83. The fourth-order valence-electron chi connectivity index (χ4n) is 2.95. The van der Waals surface area contributed by atoms with E-state index in [2.05, 4.69) is 5.32 Å². The minimum Gasteiger partial charge on any atom is -0.444 e. The van der Waals surface area contributed by atoms with E-state index in [9.17, 15) is 9.90 Å². The summed E-state index contributed by atoms with van der Waals surface area (Å²) in [7, 11) is 0. The quantitative estimate of drug-likeness (QED) is 0.659. The summed E-state index contributed by atoms with van der Waals surface area (Å²) in [4.78, 5) is 11.9. The smallest absolute Gasteiger partial charge is 0.409 e. The molecule has 3 N–H and O–H groups in total. The summed E-state index contributed by atoms with van der Waals surface area (Å²) in [5.74, 6) is 0.428. The molecule has 0 aliphatic heterocycles. The molecule has 0 radical (unpaired) electrons. The molecule has 0 saturated heterocycles. The summed E-state index contributed by atoms with van der Waals surface area (Å²) in [6.45, 7) is 5.38. The number of rotatable bonds is 6. The SMILES string of the molecule is CC(C)(C)OC(=O)NC(O)(CCCO)CC1CCCCC1. The zero-order valence-corrected chi connectivity index (χ0v) is 13.7. The van der Waals surface area contributed by atoms with E-state index in [0.717, 1.165) is 12.8 Å². The second kappa shape index (κ2) is 7.99. The van der Waals surface area contributed by atoms with Gasteiger partial charge in [0.05, 0.1) is 0 Å². The van der Waals surface area contributed by atoms with Gasteiger partial charge in [0.15, 0.2) is 0 Å². The third-order valence-electron chi connectivity index (χ3n) is 3.83. The van der Waals surface area contributed by atoms with Crippen molar-refractivity contribution in [3.63, 3.8) is 0 Å². The Balaban J connectivity index is 2.60. The van der Waals surface area contributed by atoms with E-state index in [1.807, 2.05) is 0 Å². The maximum atomic E-state index is 11.9. The van der Waals surface area contributed by atoms with Crippen LogP contribution in [0.1, 0.15) is 72.1 Å². The van der Waals surface area contributed by atoms with Crippen LogP contribution in [0.15, 0.2) is 0 Å². The summed E-state index contributed by atoms with van der Waals surface area (Å²) in [6, 6.07) is 0. The van der Waals surface area contributed by atoms with Crippen LogP contribution in [-0.4, -0.2) is 34.2 Å². The van der Waals surface area contributed by atoms with Crippen LogP contribution in [0, 0.1) is 5.92 Å². The number of aliphatic hydroxyl groups excluding tert-OH is 1. The lowest BCUT2D eigenvalue weighted by Crippen LogP contribution is -2.51. The van der Waals surface area contributed by atoms with Gasteiger partial charge in [0.25, 0.3) is 0 Å². The van der Waals surface area contributed by atoms with Gasteiger partial charge in [0.2, 0.25) is 0 Å². The molecule has 0 aromatic heterocycles. The molecule has 5 heteroatoms. The van der Waals surface area contributed by atoms with E-state index in [4.69, 9.17) is 9.84 Å². The predicted molar refractivity (Wildman–Crippen MR) is 81.8 cm³/mol. The van der Waals surface area contributed by atoms with Crippen molar-refractivity contribution in [2.45, 2.75) is 83.5 Å². The van der Waals surface area contributed by atoms with Crippen LogP contribution in [0.3, 0.4) is 0 Å². The lowest BCUT2D eigenvalue weighted by Gasteiger charge is -2.35. The topological polar surface area (TPSA) is 78.8 Å². The number of aliphatic hydroxyl groups is 2. The van der Waals surface area contributed by atoms with Gasteiger partial charge in [-0.3, -0.25) is 5.32 Å². The second-order valence-electron chi connectivity index (χ2n) is 7.19. The van der Waals surface area contributed by atoms with Crippen LogP contribution in [0.25, 0.3) is 0 Å². The molecular formula is C16H31NO4. The Morgan fingerprint density at radius 1 is 1.24 bits per heavy atom. The summed E-state index contributed by atoms with van der Waals surface area (Å²) in [5, 5.41) is 22.4. The van der Waals surface area contributed by atoms with Crippen molar-refractivity contribution in [1.29, 1.82) is 0 Å². The predicted octanol–water partition coefficient (Wildman–Crippen LogP) is 2.94. The van der Waals surface area contributed by atoms with Gasteiger partial charge >= 0.3 is 6.09 Å². The van der Waals surface area contributed by atoms with Crippen LogP contribution in [0.2, 0.25) is 0 Å². The molecule has 0 aromatic carbocycles. The van der Waals surface area contributed by atoms with Crippen LogP contribution in [-0.2, 0) is 4.74 Å². The molecule has 1 atom stereocenters. The molecular weight excluding hydrogens is 270 g/mol. The largest absolute Gasteiger partial charge is 0.444 e. The summed E-state index contributed by atoms with van der Waals surface area (Å²) < 4.78 is 5.23. The minimum atomic E-state index is -1.28. The number of carbonyl (C=O) groups is 1. The third kappa shape index (κ3) is 7.67. The van der Waals surface area contributed by atoms with Crippen molar-refractivity contribution in [3.05, 3.63) is 0 Å². The Labute approximate surface area is 128 Å². The van der Waals surface area contributed by atoms with Gasteiger partial charge in [-0.25, -0.2) is 4.79 Å². The number of hydrogen-bond acceptors (Lipinski definition) is 4. The van der Waals surface area contributed by atoms with Crippen LogP contribution in [0.4, 0.5) is 4.79 Å². The first kappa shape index (κ1) is 18.2. The molecule has 1 amide bonds. The zero-order valence-electron chi connectivity index (χ0n) is 13.7. The number of alkyl carbamates (subject to hydrolysis) is 1. The van der Waals surface area contributed by atoms with Crippen molar-refractivity contribution in [2.75, 3.05) is 6.61 Å². The van der Waals surface area contributed by atoms with Gasteiger partial charge in [0, 0.05) is 6.61 Å². The van der Waals surface area contributed by atoms with Crippen LogP contribution < -0.4 is 5.32 Å². The van der Waals surface area contributed by atoms with Gasteiger partial charge in [-0.05, 0) is 46.0 Å². The number of hydrogen-bond donors (Lipinski definition) is 3. The molecule has 0 aromatic rings. The number of ether oxygens (including phenoxy) is 1. The molecule has 1 saturated carbocycles. The monoisotopic (exact) mass is 301 g/mol. The van der Waals surface area contributed by atoms with Crippen molar-refractivity contribution >= 4 is 6.09 Å². The molecule has 0 bridgehead atoms. The Morgan fingerprint density at radius 2 is 1.86 bits per heavy atom. The summed E-state index contributed by atoms with van der Waals surface area (Å²) >= 11 is 0. The second-order valence-corrected chi connectivity index (χ2v) is 7.19. The van der Waals surface area contributed by atoms with Gasteiger partial charge < -0.3 is 14.9 Å². The lowest BCUT2D eigenvalue weighted by atomic mass is 9.82. The molecule has 0 heterocycles. The molecule has 1 aliphatic carbocycles. The van der Waals surface area contributed by atoms with Gasteiger partial charge in [-0.2, -0.15) is 0 Å². The van der Waals surface area contributed by atoms with E-state index >= 15 is 0 Å². The highest BCUT2D eigenvalue weighted by Crippen LogP contribution is 2.31. The van der Waals surface area contributed by atoms with E-state index < -0.39 is 17.4 Å². The fraction of sp³-hybridized carbons (Fsp3) is 0.938. The molecule has 1 fully saturated rings. The first-order valence-corrected chi connectivity index (χ1v) is 8.08. The van der Waals surface area contributed by atoms with Crippen LogP contribution in [0.5, 0.6) is 0 Å².